The fraction of sp³-hybridized carbons (Fsp3) is 0.731. The molecule has 1 aromatic rings. The van der Waals surface area contributed by atoms with E-state index in [0.717, 1.165) is 103 Å². The predicted octanol–water partition coefficient (Wildman–Crippen LogP) is 3.17. The Morgan fingerprint density at radius 2 is 1.76 bits per heavy atom. The summed E-state index contributed by atoms with van der Waals surface area (Å²) in [6.45, 7) is 6.30. The first-order valence-corrected chi connectivity index (χ1v) is 15.3. The van der Waals surface area contributed by atoms with Crippen LogP contribution in [0.1, 0.15) is 64.2 Å². The molecule has 3 rings (SSSR count). The minimum Gasteiger partial charge on any atom is -0.379 e. The van der Waals surface area contributed by atoms with Gasteiger partial charge in [-0.05, 0) is 50.8 Å². The van der Waals surface area contributed by atoms with E-state index in [2.05, 4.69) is 25.5 Å². The van der Waals surface area contributed by atoms with Crippen LogP contribution >= 0.6 is 0 Å². The van der Waals surface area contributed by atoms with Crippen molar-refractivity contribution in [3.8, 4) is 6.19 Å². The van der Waals surface area contributed by atoms with Crippen molar-refractivity contribution in [3.63, 3.8) is 0 Å². The average Bonchev–Trinajstić information content (AvgIpc) is 3.46. The van der Waals surface area contributed by atoms with Gasteiger partial charge < -0.3 is 15.4 Å². The number of hydrogen-bond donors (Lipinski definition) is 2. The third-order valence-corrected chi connectivity index (χ3v) is 9.45. The number of nitrogens with zero attached hydrogens (tertiary/aromatic N) is 5. The molecule has 37 heavy (non-hydrogen) atoms. The molecule has 0 amide bonds. The molecular weight excluding hydrogens is 490 g/mol. The lowest BCUT2D eigenvalue weighted by Crippen LogP contribution is -2.41. The molecule has 11 heteroatoms. The van der Waals surface area contributed by atoms with Gasteiger partial charge in [-0.25, -0.2) is 12.7 Å². The topological polar surface area (TPSA) is 123 Å². The third-order valence-electron chi connectivity index (χ3n) is 7.05. The highest BCUT2D eigenvalue weighted by Crippen LogP contribution is 2.27. The van der Waals surface area contributed by atoms with Crippen LogP contribution in [0.15, 0.2) is 29.5 Å². The first-order valence-electron chi connectivity index (χ1n) is 13.8. The largest absolute Gasteiger partial charge is 0.379 e. The SMILES string of the molecule is N#C/N=C(\NCCCCCCCN(CCCN1CCOCC1)S(=O)(=O)C1CCCC1)Nc1ccncc1. The van der Waals surface area contributed by atoms with Gasteiger partial charge in [0.2, 0.25) is 22.2 Å². The number of nitrogens with one attached hydrogen (secondary N) is 2. The number of aliphatic imine (C=N–C) groups is 1. The van der Waals surface area contributed by atoms with Gasteiger partial charge >= 0.3 is 0 Å². The zero-order valence-corrected chi connectivity index (χ0v) is 22.8. The molecule has 2 heterocycles. The lowest BCUT2D eigenvalue weighted by molar-refractivity contribution is 0.0369. The van der Waals surface area contributed by atoms with E-state index in [9.17, 15) is 8.42 Å². The van der Waals surface area contributed by atoms with E-state index >= 15 is 0 Å². The van der Waals surface area contributed by atoms with Gasteiger partial charge in [-0.15, -0.1) is 4.99 Å². The number of nitriles is 1. The zero-order chi connectivity index (χ0) is 26.2. The van der Waals surface area contributed by atoms with Crippen molar-refractivity contribution in [1.29, 1.82) is 5.26 Å². The van der Waals surface area contributed by atoms with Crippen molar-refractivity contribution in [2.45, 2.75) is 69.5 Å². The second-order valence-electron chi connectivity index (χ2n) is 9.77. The number of guanidine groups is 1. The normalized spacial score (nSPS) is 17.7. The van der Waals surface area contributed by atoms with Gasteiger partial charge in [0.05, 0.1) is 18.5 Å². The van der Waals surface area contributed by atoms with E-state index in [1.807, 2.05) is 18.3 Å². The minimum absolute atomic E-state index is 0.188. The maximum atomic E-state index is 13.3. The molecule has 0 atom stereocenters. The molecule has 2 N–H and O–H groups in total. The summed E-state index contributed by atoms with van der Waals surface area (Å²) in [5.41, 5.74) is 0.818. The molecular formula is C26H43N7O3S. The summed E-state index contributed by atoms with van der Waals surface area (Å²) in [6, 6.07) is 3.63. The fourth-order valence-corrected chi connectivity index (χ4v) is 7.06. The molecule has 1 aromatic heterocycles. The highest BCUT2D eigenvalue weighted by molar-refractivity contribution is 7.89. The molecule has 2 aliphatic rings. The standard InChI is InChI=1S/C26H43N7O3S/c27-23-30-26(31-24-11-14-28-15-12-24)29-13-6-2-1-3-7-17-33(37(34,35)25-9-4-5-10-25)18-8-16-32-19-21-36-22-20-32/h11-12,14-15,25H,1-10,13,16-22H2,(H2,28,29,30,31). The van der Waals surface area contributed by atoms with Crippen LogP contribution in [-0.4, -0.2) is 86.3 Å². The van der Waals surface area contributed by atoms with Gasteiger partial charge in [0, 0.05) is 50.8 Å². The Labute approximate surface area is 222 Å². The van der Waals surface area contributed by atoms with E-state index < -0.39 is 10.0 Å². The number of aromatic nitrogens is 1. The lowest BCUT2D eigenvalue weighted by atomic mass is 10.1. The fourth-order valence-electron chi connectivity index (χ4n) is 4.94. The summed E-state index contributed by atoms with van der Waals surface area (Å²) in [6.07, 6.45) is 14.7. The molecule has 1 saturated carbocycles. The number of ether oxygens (including phenoxy) is 1. The van der Waals surface area contributed by atoms with E-state index in [1.54, 1.807) is 16.7 Å². The van der Waals surface area contributed by atoms with Gasteiger partial charge in [-0.2, -0.15) is 5.26 Å². The minimum atomic E-state index is -3.22. The van der Waals surface area contributed by atoms with Crippen LogP contribution in [0.2, 0.25) is 0 Å². The molecule has 1 saturated heterocycles. The highest BCUT2D eigenvalue weighted by atomic mass is 32.2. The Hall–Kier alpha value is -2.26. The summed E-state index contributed by atoms with van der Waals surface area (Å²) >= 11 is 0. The van der Waals surface area contributed by atoms with Crippen molar-refractivity contribution < 1.29 is 13.2 Å². The van der Waals surface area contributed by atoms with Crippen molar-refractivity contribution in [1.82, 2.24) is 19.5 Å². The van der Waals surface area contributed by atoms with Crippen molar-refractivity contribution >= 4 is 21.7 Å². The van der Waals surface area contributed by atoms with Gasteiger partial charge in [-0.3, -0.25) is 9.88 Å². The van der Waals surface area contributed by atoms with E-state index in [0.29, 0.717) is 25.6 Å². The number of anilines is 1. The van der Waals surface area contributed by atoms with Crippen molar-refractivity contribution in [2.75, 3.05) is 57.8 Å². The average molecular weight is 534 g/mol. The van der Waals surface area contributed by atoms with Gasteiger partial charge in [0.15, 0.2) is 0 Å². The number of sulfonamides is 1. The molecule has 206 valence electrons. The maximum absolute atomic E-state index is 13.3. The molecule has 0 bridgehead atoms. The summed E-state index contributed by atoms with van der Waals surface area (Å²) in [5, 5.41) is 15.0. The molecule has 0 radical (unpaired) electrons. The van der Waals surface area contributed by atoms with Gasteiger partial charge in [-0.1, -0.05) is 32.1 Å². The van der Waals surface area contributed by atoms with E-state index in [4.69, 9.17) is 10.00 Å². The van der Waals surface area contributed by atoms with Crippen molar-refractivity contribution in [2.24, 2.45) is 4.99 Å². The second kappa shape index (κ2) is 16.6. The third kappa shape index (κ3) is 10.6. The number of pyridine rings is 1. The van der Waals surface area contributed by atoms with Crippen LogP contribution in [0.25, 0.3) is 0 Å². The van der Waals surface area contributed by atoms with Crippen LogP contribution in [0.4, 0.5) is 5.69 Å². The predicted molar refractivity (Wildman–Crippen MR) is 147 cm³/mol. The molecule has 0 unspecified atom stereocenters. The summed E-state index contributed by atoms with van der Waals surface area (Å²) in [4.78, 5) is 10.2. The molecule has 0 aromatic carbocycles. The first kappa shape index (κ1) is 29.3. The second-order valence-corrected chi connectivity index (χ2v) is 12.0. The Bertz CT molecular complexity index is 941. The molecule has 0 spiro atoms. The molecule has 1 aliphatic carbocycles. The molecule has 2 fully saturated rings. The van der Waals surface area contributed by atoms with Gasteiger partial charge in [0.1, 0.15) is 0 Å². The van der Waals surface area contributed by atoms with Crippen molar-refractivity contribution in [3.05, 3.63) is 24.5 Å². The summed E-state index contributed by atoms with van der Waals surface area (Å²) < 4.78 is 33.8. The van der Waals surface area contributed by atoms with Crippen LogP contribution in [0, 0.1) is 11.5 Å². The summed E-state index contributed by atoms with van der Waals surface area (Å²) in [7, 11) is -3.22. The van der Waals surface area contributed by atoms with Crippen LogP contribution in [0.5, 0.6) is 0 Å². The number of hydrogen-bond acceptors (Lipinski definition) is 7. The van der Waals surface area contributed by atoms with Crippen LogP contribution in [0.3, 0.4) is 0 Å². The van der Waals surface area contributed by atoms with Crippen LogP contribution in [-0.2, 0) is 14.8 Å². The Kier molecular flexibility index (Phi) is 13.1. The zero-order valence-electron chi connectivity index (χ0n) is 22.0. The first-order chi connectivity index (χ1) is 18.1. The number of unbranched alkanes of at least 4 members (excludes halogenated alkanes) is 4. The van der Waals surface area contributed by atoms with E-state index in [-0.39, 0.29) is 5.25 Å². The lowest BCUT2D eigenvalue weighted by Gasteiger charge is -2.29. The highest BCUT2D eigenvalue weighted by Gasteiger charge is 2.33. The molecule has 10 nitrogen and oxygen atoms in total. The monoisotopic (exact) mass is 533 g/mol. The smallest absolute Gasteiger partial charge is 0.216 e. The molecule has 1 aliphatic heterocycles. The Morgan fingerprint density at radius 3 is 2.49 bits per heavy atom. The van der Waals surface area contributed by atoms with Gasteiger partial charge in [0.25, 0.3) is 0 Å². The Morgan fingerprint density at radius 1 is 1.08 bits per heavy atom. The maximum Gasteiger partial charge on any atom is 0.216 e. The number of rotatable bonds is 15. The number of morpholine rings is 1. The van der Waals surface area contributed by atoms with Crippen LogP contribution < -0.4 is 10.6 Å². The Balaban J connectivity index is 1.34. The van der Waals surface area contributed by atoms with E-state index in [1.165, 1.54) is 0 Å². The quantitative estimate of drug-likeness (QED) is 0.153. The summed E-state index contributed by atoms with van der Waals surface area (Å²) in [5.74, 6) is 0.429.